The molecule has 2 rings (SSSR count). The number of rotatable bonds is 3. The lowest BCUT2D eigenvalue weighted by Gasteiger charge is -2.23. The van der Waals surface area contributed by atoms with Crippen molar-refractivity contribution < 1.29 is 0 Å². The Hall–Kier alpha value is -1.02. The average Bonchev–Trinajstić information content (AvgIpc) is 2.72. The first-order valence-electron chi connectivity index (χ1n) is 7.45. The predicted octanol–water partition coefficient (Wildman–Crippen LogP) is 3.73. The molecule has 1 saturated heterocycles. The summed E-state index contributed by atoms with van der Waals surface area (Å²) in [4.78, 5) is 2.53. The van der Waals surface area contributed by atoms with Crippen LogP contribution in [-0.4, -0.2) is 18.6 Å². The van der Waals surface area contributed by atoms with Gasteiger partial charge in [-0.15, -0.1) is 0 Å². The van der Waals surface area contributed by atoms with Gasteiger partial charge in [0, 0.05) is 30.9 Å². The topological polar surface area (TPSA) is 15.3 Å². The van der Waals surface area contributed by atoms with Crippen LogP contribution in [-0.2, 0) is 6.54 Å². The van der Waals surface area contributed by atoms with E-state index in [4.69, 9.17) is 0 Å². The molecule has 1 atom stereocenters. The third-order valence-corrected chi connectivity index (χ3v) is 3.85. The summed E-state index contributed by atoms with van der Waals surface area (Å²) >= 11 is 0. The summed E-state index contributed by atoms with van der Waals surface area (Å²) in [6.45, 7) is 14.6. The molecule has 1 N–H and O–H groups in total. The van der Waals surface area contributed by atoms with Gasteiger partial charge in [-0.25, -0.2) is 0 Å². The Morgan fingerprint density at radius 3 is 2.58 bits per heavy atom. The van der Waals surface area contributed by atoms with Gasteiger partial charge in [-0.05, 0) is 57.2 Å². The maximum absolute atomic E-state index is 3.55. The van der Waals surface area contributed by atoms with Gasteiger partial charge in [0.15, 0.2) is 0 Å². The van der Waals surface area contributed by atoms with Crippen LogP contribution in [0.5, 0.6) is 0 Å². The number of aryl methyl sites for hydroxylation is 1. The van der Waals surface area contributed by atoms with Crippen molar-refractivity contribution in [2.24, 2.45) is 5.92 Å². The van der Waals surface area contributed by atoms with Crippen molar-refractivity contribution in [3.63, 3.8) is 0 Å². The standard InChI is InChI=1S/C17H28N2/c1-13-8-9-19(12-13)16-7-6-15(10-14(16)2)11-18-17(3,4)5/h6-7,10,13,18H,8-9,11-12H2,1-5H3. The van der Waals surface area contributed by atoms with Crippen molar-refractivity contribution in [1.29, 1.82) is 0 Å². The zero-order chi connectivity index (χ0) is 14.0. The van der Waals surface area contributed by atoms with Crippen molar-refractivity contribution in [3.8, 4) is 0 Å². The molecular formula is C17H28N2. The van der Waals surface area contributed by atoms with Crippen molar-refractivity contribution >= 4 is 5.69 Å². The van der Waals surface area contributed by atoms with Gasteiger partial charge >= 0.3 is 0 Å². The molecule has 1 unspecified atom stereocenters. The molecule has 1 fully saturated rings. The monoisotopic (exact) mass is 260 g/mol. The van der Waals surface area contributed by atoms with Gasteiger partial charge in [0.1, 0.15) is 0 Å². The SMILES string of the molecule is Cc1cc(CNC(C)(C)C)ccc1N1CCC(C)C1. The fourth-order valence-corrected chi connectivity index (χ4v) is 2.70. The molecule has 0 aliphatic carbocycles. The summed E-state index contributed by atoms with van der Waals surface area (Å²) < 4.78 is 0. The fraction of sp³-hybridized carbons (Fsp3) is 0.647. The Morgan fingerprint density at radius 1 is 1.32 bits per heavy atom. The van der Waals surface area contributed by atoms with Crippen molar-refractivity contribution in [2.75, 3.05) is 18.0 Å². The molecule has 1 heterocycles. The molecule has 106 valence electrons. The predicted molar refractivity (Wildman–Crippen MR) is 83.8 cm³/mol. The quantitative estimate of drug-likeness (QED) is 0.891. The summed E-state index contributed by atoms with van der Waals surface area (Å²) in [5, 5.41) is 3.55. The molecular weight excluding hydrogens is 232 g/mol. The van der Waals surface area contributed by atoms with Crippen LogP contribution in [0, 0.1) is 12.8 Å². The van der Waals surface area contributed by atoms with Gasteiger partial charge in [-0.1, -0.05) is 19.1 Å². The Labute approximate surface area is 118 Å². The Morgan fingerprint density at radius 2 is 2.05 bits per heavy atom. The minimum absolute atomic E-state index is 0.178. The summed E-state index contributed by atoms with van der Waals surface area (Å²) in [6, 6.07) is 6.90. The van der Waals surface area contributed by atoms with E-state index < -0.39 is 0 Å². The van der Waals surface area contributed by atoms with Crippen LogP contribution in [0.1, 0.15) is 45.2 Å². The maximum atomic E-state index is 3.55. The molecule has 0 saturated carbocycles. The summed E-state index contributed by atoms with van der Waals surface area (Å²) in [5.41, 5.74) is 4.38. The minimum atomic E-state index is 0.178. The third kappa shape index (κ3) is 3.97. The van der Waals surface area contributed by atoms with Crippen molar-refractivity contribution in [3.05, 3.63) is 29.3 Å². The highest BCUT2D eigenvalue weighted by atomic mass is 15.1. The molecule has 0 bridgehead atoms. The highest BCUT2D eigenvalue weighted by Gasteiger charge is 2.20. The second kappa shape index (κ2) is 5.54. The van der Waals surface area contributed by atoms with Gasteiger partial charge in [0.05, 0.1) is 0 Å². The van der Waals surface area contributed by atoms with E-state index in [1.165, 1.54) is 36.3 Å². The van der Waals surface area contributed by atoms with Gasteiger partial charge in [0.2, 0.25) is 0 Å². The van der Waals surface area contributed by atoms with E-state index >= 15 is 0 Å². The first-order chi connectivity index (χ1) is 8.85. The zero-order valence-corrected chi connectivity index (χ0v) is 13.1. The molecule has 0 spiro atoms. The van der Waals surface area contributed by atoms with Gasteiger partial charge < -0.3 is 10.2 Å². The van der Waals surface area contributed by atoms with Crippen LogP contribution in [0.15, 0.2) is 18.2 Å². The highest BCUT2D eigenvalue weighted by Crippen LogP contribution is 2.27. The number of hydrogen-bond acceptors (Lipinski definition) is 2. The summed E-state index contributed by atoms with van der Waals surface area (Å²) in [5.74, 6) is 0.835. The molecule has 2 nitrogen and oxygen atoms in total. The van der Waals surface area contributed by atoms with Crippen LogP contribution >= 0.6 is 0 Å². The van der Waals surface area contributed by atoms with Gasteiger partial charge in [-0.2, -0.15) is 0 Å². The van der Waals surface area contributed by atoms with Gasteiger partial charge in [0.25, 0.3) is 0 Å². The van der Waals surface area contributed by atoms with E-state index in [9.17, 15) is 0 Å². The maximum Gasteiger partial charge on any atom is 0.0396 e. The first kappa shape index (κ1) is 14.4. The smallest absolute Gasteiger partial charge is 0.0396 e. The number of anilines is 1. The van der Waals surface area contributed by atoms with Crippen LogP contribution in [0.3, 0.4) is 0 Å². The van der Waals surface area contributed by atoms with Gasteiger partial charge in [-0.3, -0.25) is 0 Å². The van der Waals surface area contributed by atoms with Crippen LogP contribution in [0.2, 0.25) is 0 Å². The molecule has 1 aliphatic heterocycles. The van der Waals surface area contributed by atoms with Crippen molar-refractivity contribution in [2.45, 2.75) is 53.1 Å². The molecule has 1 aromatic rings. The molecule has 1 aromatic carbocycles. The molecule has 1 aliphatic rings. The Balaban J connectivity index is 2.05. The lowest BCUT2D eigenvalue weighted by Crippen LogP contribution is -2.35. The Kier molecular flexibility index (Phi) is 4.19. The number of nitrogens with zero attached hydrogens (tertiary/aromatic N) is 1. The molecule has 2 heteroatoms. The highest BCUT2D eigenvalue weighted by molar-refractivity contribution is 5.55. The fourth-order valence-electron chi connectivity index (χ4n) is 2.70. The van der Waals surface area contributed by atoms with E-state index in [0.717, 1.165) is 12.5 Å². The third-order valence-electron chi connectivity index (χ3n) is 3.85. The Bertz CT molecular complexity index is 431. The largest absolute Gasteiger partial charge is 0.371 e. The van der Waals surface area contributed by atoms with E-state index in [-0.39, 0.29) is 5.54 Å². The van der Waals surface area contributed by atoms with E-state index in [1.54, 1.807) is 0 Å². The number of benzene rings is 1. The van der Waals surface area contributed by atoms with Crippen LogP contribution in [0.4, 0.5) is 5.69 Å². The zero-order valence-electron chi connectivity index (χ0n) is 13.1. The van der Waals surface area contributed by atoms with Crippen molar-refractivity contribution in [1.82, 2.24) is 5.32 Å². The molecule has 0 amide bonds. The second-order valence-electron chi connectivity index (χ2n) is 7.06. The summed E-state index contributed by atoms with van der Waals surface area (Å²) in [7, 11) is 0. The first-order valence-corrected chi connectivity index (χ1v) is 7.45. The van der Waals surface area contributed by atoms with Crippen LogP contribution in [0.25, 0.3) is 0 Å². The molecule has 19 heavy (non-hydrogen) atoms. The van der Waals surface area contributed by atoms with E-state index in [1.807, 2.05) is 0 Å². The van der Waals surface area contributed by atoms with E-state index in [0.29, 0.717) is 0 Å². The second-order valence-corrected chi connectivity index (χ2v) is 7.06. The van der Waals surface area contributed by atoms with Crippen LogP contribution < -0.4 is 10.2 Å². The lowest BCUT2D eigenvalue weighted by molar-refractivity contribution is 0.424. The minimum Gasteiger partial charge on any atom is -0.371 e. The normalized spacial score (nSPS) is 20.1. The molecule has 0 aromatic heterocycles. The average molecular weight is 260 g/mol. The molecule has 0 radical (unpaired) electrons. The van der Waals surface area contributed by atoms with E-state index in [2.05, 4.69) is 63.0 Å². The number of hydrogen-bond donors (Lipinski definition) is 1. The summed E-state index contributed by atoms with van der Waals surface area (Å²) in [6.07, 6.45) is 1.33. The number of nitrogens with one attached hydrogen (secondary N) is 1. The lowest BCUT2D eigenvalue weighted by atomic mass is 10.1.